The molecule has 1 aliphatic heterocycles. The highest BCUT2D eigenvalue weighted by Crippen LogP contribution is 2.35. The molecule has 1 amide bonds. The summed E-state index contributed by atoms with van der Waals surface area (Å²) in [5.41, 5.74) is -0.684. The SMILES string of the molecule is CN1CCN(CCOc2ccc(Nc3nccc(N(C)C(=O)Oc4cc(C(F)(F)F)ccc4Cl)n3)cc2F)CC1. The number of piperazine rings is 1. The second-order valence-corrected chi connectivity index (χ2v) is 9.48. The maximum Gasteiger partial charge on any atom is 0.420 e. The standard InChI is InChI=1S/C26H27ClF4N6O3/c1-35-9-11-37(12-10-35)13-14-39-21-6-4-18(16-20(21)28)33-24-32-8-7-23(34-24)36(2)25(38)40-22-15-17(26(29,30)31)3-5-19(22)27/h3-8,15-16H,9-14H2,1-2H3,(H,32,33,34). The van der Waals surface area contributed by atoms with Crippen molar-refractivity contribution in [1.82, 2.24) is 19.8 Å². The molecule has 9 nitrogen and oxygen atoms in total. The van der Waals surface area contributed by atoms with Crippen LogP contribution in [0, 0.1) is 5.82 Å². The van der Waals surface area contributed by atoms with E-state index in [1.165, 1.54) is 31.4 Å². The van der Waals surface area contributed by atoms with Crippen molar-refractivity contribution in [3.8, 4) is 11.5 Å². The Morgan fingerprint density at radius 2 is 1.85 bits per heavy atom. The Labute approximate surface area is 233 Å². The van der Waals surface area contributed by atoms with Crippen LogP contribution in [0.4, 0.5) is 39.8 Å². The fourth-order valence-corrected chi connectivity index (χ4v) is 3.95. The Hall–Kier alpha value is -3.68. The number of aromatic nitrogens is 2. The molecule has 0 saturated carbocycles. The molecule has 2 heterocycles. The predicted molar refractivity (Wildman–Crippen MR) is 142 cm³/mol. The lowest BCUT2D eigenvalue weighted by Gasteiger charge is -2.32. The summed E-state index contributed by atoms with van der Waals surface area (Å²) in [4.78, 5) is 26.3. The summed E-state index contributed by atoms with van der Waals surface area (Å²) < 4.78 is 64.4. The van der Waals surface area contributed by atoms with Crippen molar-refractivity contribution in [2.45, 2.75) is 6.18 Å². The topological polar surface area (TPSA) is 83.1 Å². The Morgan fingerprint density at radius 3 is 2.55 bits per heavy atom. The van der Waals surface area contributed by atoms with Gasteiger partial charge in [-0.05, 0) is 43.4 Å². The molecule has 3 aromatic rings. The van der Waals surface area contributed by atoms with Gasteiger partial charge in [0.25, 0.3) is 0 Å². The van der Waals surface area contributed by atoms with Crippen LogP contribution in [-0.2, 0) is 6.18 Å². The molecule has 1 saturated heterocycles. The van der Waals surface area contributed by atoms with E-state index in [1.807, 2.05) is 0 Å². The number of carbonyl (C=O) groups excluding carboxylic acids is 1. The zero-order chi connectivity index (χ0) is 28.9. The fourth-order valence-electron chi connectivity index (χ4n) is 3.79. The number of likely N-dealkylation sites (N-methyl/N-ethyl adjacent to an activating group) is 1. The van der Waals surface area contributed by atoms with Crippen molar-refractivity contribution in [3.05, 3.63) is 65.1 Å². The molecule has 14 heteroatoms. The van der Waals surface area contributed by atoms with Crippen LogP contribution in [-0.4, -0.2) is 79.3 Å². The molecule has 2 aromatic carbocycles. The van der Waals surface area contributed by atoms with E-state index in [0.29, 0.717) is 24.9 Å². The molecule has 0 radical (unpaired) electrons. The Morgan fingerprint density at radius 1 is 1.10 bits per heavy atom. The van der Waals surface area contributed by atoms with Crippen LogP contribution in [0.3, 0.4) is 0 Å². The van der Waals surface area contributed by atoms with E-state index in [0.717, 1.165) is 43.2 Å². The number of benzene rings is 2. The van der Waals surface area contributed by atoms with Crippen molar-refractivity contribution >= 4 is 35.1 Å². The van der Waals surface area contributed by atoms with Crippen molar-refractivity contribution < 1.29 is 31.8 Å². The third kappa shape index (κ3) is 7.71. The average molecular weight is 583 g/mol. The predicted octanol–water partition coefficient (Wildman–Crippen LogP) is 5.29. The number of hydrogen-bond donors (Lipinski definition) is 1. The third-order valence-corrected chi connectivity index (χ3v) is 6.48. The van der Waals surface area contributed by atoms with Gasteiger partial charge >= 0.3 is 12.3 Å². The first-order valence-electron chi connectivity index (χ1n) is 12.2. The van der Waals surface area contributed by atoms with Gasteiger partial charge in [0.2, 0.25) is 5.95 Å². The highest BCUT2D eigenvalue weighted by atomic mass is 35.5. The van der Waals surface area contributed by atoms with Crippen LogP contribution < -0.4 is 19.7 Å². The minimum atomic E-state index is -4.64. The summed E-state index contributed by atoms with van der Waals surface area (Å²) in [6.45, 7) is 4.90. The van der Waals surface area contributed by atoms with Gasteiger partial charge in [-0.25, -0.2) is 14.2 Å². The monoisotopic (exact) mass is 582 g/mol. The average Bonchev–Trinajstić information content (AvgIpc) is 2.91. The number of anilines is 3. The maximum absolute atomic E-state index is 14.6. The van der Waals surface area contributed by atoms with Gasteiger partial charge in [0.1, 0.15) is 12.4 Å². The largest absolute Gasteiger partial charge is 0.489 e. The molecule has 214 valence electrons. The van der Waals surface area contributed by atoms with Gasteiger partial charge < -0.3 is 19.7 Å². The number of amides is 1. The summed E-state index contributed by atoms with van der Waals surface area (Å²) in [5, 5.41) is 2.67. The number of nitrogens with one attached hydrogen (secondary N) is 1. The van der Waals surface area contributed by atoms with Crippen LogP contribution in [0.15, 0.2) is 48.7 Å². The molecule has 1 aromatic heterocycles. The lowest BCUT2D eigenvalue weighted by Crippen LogP contribution is -2.45. The molecular formula is C26H27ClF4N6O3. The minimum Gasteiger partial charge on any atom is -0.489 e. The van der Waals surface area contributed by atoms with Gasteiger partial charge in [0.05, 0.1) is 10.6 Å². The molecule has 0 atom stereocenters. The zero-order valence-electron chi connectivity index (χ0n) is 21.7. The van der Waals surface area contributed by atoms with Crippen LogP contribution in [0.2, 0.25) is 5.02 Å². The van der Waals surface area contributed by atoms with E-state index in [2.05, 4.69) is 32.1 Å². The number of carbonyl (C=O) groups is 1. The first kappa shape index (κ1) is 29.3. The van der Waals surface area contributed by atoms with Crippen molar-refractivity contribution in [2.75, 3.05) is 63.6 Å². The summed E-state index contributed by atoms with van der Waals surface area (Å²) >= 11 is 5.91. The first-order valence-corrected chi connectivity index (χ1v) is 12.6. The molecule has 0 unspecified atom stereocenters. The lowest BCUT2D eigenvalue weighted by atomic mass is 10.2. The summed E-state index contributed by atoms with van der Waals surface area (Å²) in [6.07, 6.45) is -4.33. The third-order valence-electron chi connectivity index (χ3n) is 6.16. The summed E-state index contributed by atoms with van der Waals surface area (Å²) in [5.74, 6) is -0.808. The van der Waals surface area contributed by atoms with Gasteiger partial charge in [-0.1, -0.05) is 11.6 Å². The van der Waals surface area contributed by atoms with Gasteiger partial charge in [0.15, 0.2) is 17.3 Å². The van der Waals surface area contributed by atoms with Gasteiger partial charge in [-0.2, -0.15) is 18.2 Å². The van der Waals surface area contributed by atoms with Crippen LogP contribution in [0.5, 0.6) is 11.5 Å². The highest BCUT2D eigenvalue weighted by molar-refractivity contribution is 6.32. The Bertz CT molecular complexity index is 1340. The van der Waals surface area contributed by atoms with Crippen LogP contribution in [0.25, 0.3) is 0 Å². The number of hydrogen-bond acceptors (Lipinski definition) is 8. The quantitative estimate of drug-likeness (QED) is 0.359. The Kier molecular flexibility index (Phi) is 9.28. The normalized spacial score (nSPS) is 14.6. The van der Waals surface area contributed by atoms with Crippen LogP contribution >= 0.6 is 11.6 Å². The van der Waals surface area contributed by atoms with Crippen molar-refractivity contribution in [3.63, 3.8) is 0 Å². The lowest BCUT2D eigenvalue weighted by molar-refractivity contribution is -0.137. The number of nitrogens with zero attached hydrogens (tertiary/aromatic N) is 5. The van der Waals surface area contributed by atoms with E-state index in [4.69, 9.17) is 21.1 Å². The van der Waals surface area contributed by atoms with E-state index in [-0.39, 0.29) is 22.5 Å². The van der Waals surface area contributed by atoms with E-state index >= 15 is 0 Å². The minimum absolute atomic E-state index is 0.0392. The highest BCUT2D eigenvalue weighted by Gasteiger charge is 2.31. The molecule has 1 N–H and O–H groups in total. The van der Waals surface area contributed by atoms with E-state index in [1.54, 1.807) is 6.07 Å². The molecule has 0 spiro atoms. The number of ether oxygens (including phenoxy) is 2. The second-order valence-electron chi connectivity index (χ2n) is 9.07. The van der Waals surface area contributed by atoms with E-state index < -0.39 is 29.4 Å². The van der Waals surface area contributed by atoms with Crippen LogP contribution in [0.1, 0.15) is 5.56 Å². The molecule has 0 bridgehead atoms. The molecule has 0 aliphatic carbocycles. The number of halogens is 5. The number of rotatable bonds is 8. The van der Waals surface area contributed by atoms with E-state index in [9.17, 15) is 22.4 Å². The summed E-state index contributed by atoms with van der Waals surface area (Å²) in [7, 11) is 3.39. The Balaban J connectivity index is 1.35. The first-order chi connectivity index (χ1) is 19.0. The fraction of sp³-hybridized carbons (Fsp3) is 0.346. The van der Waals surface area contributed by atoms with Gasteiger partial charge in [0, 0.05) is 57.7 Å². The molecule has 40 heavy (non-hydrogen) atoms. The zero-order valence-corrected chi connectivity index (χ0v) is 22.5. The smallest absolute Gasteiger partial charge is 0.420 e. The van der Waals surface area contributed by atoms with Gasteiger partial charge in [-0.15, -0.1) is 0 Å². The van der Waals surface area contributed by atoms with Crippen molar-refractivity contribution in [2.24, 2.45) is 0 Å². The maximum atomic E-state index is 14.6. The molecular weight excluding hydrogens is 556 g/mol. The van der Waals surface area contributed by atoms with Gasteiger partial charge in [-0.3, -0.25) is 9.80 Å². The molecule has 1 aliphatic rings. The second kappa shape index (κ2) is 12.7. The van der Waals surface area contributed by atoms with Crippen molar-refractivity contribution in [1.29, 1.82) is 0 Å². The number of alkyl halides is 3. The summed E-state index contributed by atoms with van der Waals surface area (Å²) in [6, 6.07) is 8.11. The molecule has 4 rings (SSSR count). The molecule has 1 fully saturated rings.